The average molecular weight is 207 g/mol. The molecule has 0 saturated heterocycles. The van der Waals surface area contributed by atoms with E-state index in [1.54, 1.807) is 0 Å². The lowest BCUT2D eigenvalue weighted by molar-refractivity contribution is 0.366. The second kappa shape index (κ2) is 3.67. The van der Waals surface area contributed by atoms with Gasteiger partial charge >= 0.3 is 0 Å². The van der Waals surface area contributed by atoms with Crippen LogP contribution in [0.2, 0.25) is 0 Å². The SMILES string of the molecule is CNC(C)(C)Cc1ccc(C2CC2C)o1. The van der Waals surface area contributed by atoms with Crippen LogP contribution in [0.1, 0.15) is 44.6 Å². The molecule has 0 amide bonds. The Balaban J connectivity index is 2.01. The summed E-state index contributed by atoms with van der Waals surface area (Å²) in [5.74, 6) is 3.80. The lowest BCUT2D eigenvalue weighted by Gasteiger charge is -2.22. The van der Waals surface area contributed by atoms with Crippen molar-refractivity contribution in [3.8, 4) is 0 Å². The Bertz CT molecular complexity index is 340. The predicted octanol–water partition coefficient (Wildman–Crippen LogP) is 2.94. The van der Waals surface area contributed by atoms with Crippen LogP contribution in [0.3, 0.4) is 0 Å². The van der Waals surface area contributed by atoms with Gasteiger partial charge in [0, 0.05) is 17.9 Å². The number of furan rings is 1. The minimum Gasteiger partial charge on any atom is -0.466 e. The summed E-state index contributed by atoms with van der Waals surface area (Å²) in [6, 6.07) is 4.27. The van der Waals surface area contributed by atoms with Crippen LogP contribution in [0.25, 0.3) is 0 Å². The van der Waals surface area contributed by atoms with Crippen molar-refractivity contribution in [3.05, 3.63) is 23.7 Å². The fourth-order valence-corrected chi connectivity index (χ4v) is 1.93. The molecule has 1 heterocycles. The van der Waals surface area contributed by atoms with Gasteiger partial charge in [0.15, 0.2) is 0 Å². The maximum atomic E-state index is 5.88. The molecule has 1 aliphatic rings. The Kier molecular flexibility index (Phi) is 2.63. The van der Waals surface area contributed by atoms with Crippen LogP contribution >= 0.6 is 0 Å². The van der Waals surface area contributed by atoms with Gasteiger partial charge in [-0.2, -0.15) is 0 Å². The standard InChI is InChI=1S/C13H21NO/c1-9-7-11(9)12-6-5-10(15-12)8-13(2,3)14-4/h5-6,9,11,14H,7-8H2,1-4H3. The monoisotopic (exact) mass is 207 g/mol. The summed E-state index contributed by atoms with van der Waals surface area (Å²) in [7, 11) is 1.99. The molecule has 0 aliphatic heterocycles. The van der Waals surface area contributed by atoms with Gasteiger partial charge in [0.2, 0.25) is 0 Å². The van der Waals surface area contributed by atoms with Crippen molar-refractivity contribution in [1.82, 2.24) is 5.32 Å². The average Bonchev–Trinajstić information content (AvgIpc) is 2.73. The van der Waals surface area contributed by atoms with E-state index in [0.717, 1.165) is 18.1 Å². The third-order valence-electron chi connectivity index (χ3n) is 3.45. The molecule has 2 rings (SSSR count). The second-order valence-electron chi connectivity index (χ2n) is 5.43. The van der Waals surface area contributed by atoms with Gasteiger partial charge in [-0.1, -0.05) is 6.92 Å². The zero-order valence-electron chi connectivity index (χ0n) is 10.1. The number of rotatable bonds is 4. The van der Waals surface area contributed by atoms with E-state index < -0.39 is 0 Å². The summed E-state index contributed by atoms with van der Waals surface area (Å²) >= 11 is 0. The van der Waals surface area contributed by atoms with Gasteiger partial charge in [-0.25, -0.2) is 0 Å². The molecule has 84 valence electrons. The van der Waals surface area contributed by atoms with Crippen LogP contribution in [-0.4, -0.2) is 12.6 Å². The maximum absolute atomic E-state index is 5.88. The first-order chi connectivity index (χ1) is 7.02. The highest BCUT2D eigenvalue weighted by Crippen LogP contribution is 2.47. The molecule has 1 saturated carbocycles. The van der Waals surface area contributed by atoms with Crippen molar-refractivity contribution in [1.29, 1.82) is 0 Å². The Morgan fingerprint density at radius 1 is 1.47 bits per heavy atom. The largest absolute Gasteiger partial charge is 0.466 e. The first kappa shape index (κ1) is 10.7. The summed E-state index contributed by atoms with van der Waals surface area (Å²) in [4.78, 5) is 0. The minimum atomic E-state index is 0.115. The van der Waals surface area contributed by atoms with Gasteiger partial charge in [-0.3, -0.25) is 0 Å². The summed E-state index contributed by atoms with van der Waals surface area (Å²) < 4.78 is 5.88. The topological polar surface area (TPSA) is 25.2 Å². The molecule has 0 aromatic carbocycles. The highest BCUT2D eigenvalue weighted by atomic mass is 16.3. The Hall–Kier alpha value is -0.760. The zero-order chi connectivity index (χ0) is 11.1. The third-order valence-corrected chi connectivity index (χ3v) is 3.45. The Morgan fingerprint density at radius 2 is 2.13 bits per heavy atom. The van der Waals surface area contributed by atoms with Gasteiger partial charge in [0.05, 0.1) is 0 Å². The van der Waals surface area contributed by atoms with Crippen molar-refractivity contribution in [3.63, 3.8) is 0 Å². The van der Waals surface area contributed by atoms with Crippen LogP contribution in [0.5, 0.6) is 0 Å². The first-order valence-electron chi connectivity index (χ1n) is 5.79. The van der Waals surface area contributed by atoms with E-state index in [0.29, 0.717) is 5.92 Å². The van der Waals surface area contributed by atoms with E-state index in [1.165, 1.54) is 12.2 Å². The lowest BCUT2D eigenvalue weighted by Crippen LogP contribution is -2.38. The van der Waals surface area contributed by atoms with Gasteiger partial charge in [-0.05, 0) is 45.4 Å². The van der Waals surface area contributed by atoms with Crippen molar-refractivity contribution in [2.45, 2.75) is 45.1 Å². The summed E-state index contributed by atoms with van der Waals surface area (Å²) in [5, 5.41) is 3.29. The molecule has 2 unspecified atom stereocenters. The molecule has 2 atom stereocenters. The molecular formula is C13H21NO. The summed E-state index contributed by atoms with van der Waals surface area (Å²) in [6.45, 7) is 6.66. The van der Waals surface area contributed by atoms with Crippen LogP contribution in [0.4, 0.5) is 0 Å². The smallest absolute Gasteiger partial charge is 0.107 e. The summed E-state index contributed by atoms with van der Waals surface area (Å²) in [5.41, 5.74) is 0.115. The number of hydrogen-bond acceptors (Lipinski definition) is 2. The zero-order valence-corrected chi connectivity index (χ0v) is 10.1. The van der Waals surface area contributed by atoms with Crippen LogP contribution < -0.4 is 5.32 Å². The highest BCUT2D eigenvalue weighted by Gasteiger charge is 2.36. The van der Waals surface area contributed by atoms with Crippen molar-refractivity contribution >= 4 is 0 Å². The fourth-order valence-electron chi connectivity index (χ4n) is 1.93. The van der Waals surface area contributed by atoms with E-state index in [1.807, 2.05) is 7.05 Å². The quantitative estimate of drug-likeness (QED) is 0.821. The molecular weight excluding hydrogens is 186 g/mol. The Labute approximate surface area is 92.1 Å². The number of nitrogens with one attached hydrogen (secondary N) is 1. The molecule has 1 aromatic heterocycles. The van der Waals surface area contributed by atoms with Gasteiger partial charge in [0.25, 0.3) is 0 Å². The molecule has 0 bridgehead atoms. The van der Waals surface area contributed by atoms with Gasteiger partial charge < -0.3 is 9.73 Å². The van der Waals surface area contributed by atoms with E-state index in [2.05, 4.69) is 38.2 Å². The predicted molar refractivity (Wildman–Crippen MR) is 62.1 cm³/mol. The molecule has 2 heteroatoms. The van der Waals surface area contributed by atoms with Crippen molar-refractivity contribution in [2.24, 2.45) is 5.92 Å². The van der Waals surface area contributed by atoms with E-state index >= 15 is 0 Å². The Morgan fingerprint density at radius 3 is 2.67 bits per heavy atom. The molecule has 0 spiro atoms. The molecule has 1 aliphatic carbocycles. The van der Waals surface area contributed by atoms with Gasteiger partial charge in [0.1, 0.15) is 11.5 Å². The van der Waals surface area contributed by atoms with Crippen LogP contribution in [0.15, 0.2) is 16.5 Å². The maximum Gasteiger partial charge on any atom is 0.107 e. The minimum absolute atomic E-state index is 0.115. The molecule has 1 fully saturated rings. The molecule has 2 nitrogen and oxygen atoms in total. The fraction of sp³-hybridized carbons (Fsp3) is 0.692. The van der Waals surface area contributed by atoms with Gasteiger partial charge in [-0.15, -0.1) is 0 Å². The van der Waals surface area contributed by atoms with Crippen molar-refractivity contribution in [2.75, 3.05) is 7.05 Å². The van der Waals surface area contributed by atoms with Crippen LogP contribution in [-0.2, 0) is 6.42 Å². The number of likely N-dealkylation sites (N-methyl/N-ethyl adjacent to an activating group) is 1. The normalized spacial score (nSPS) is 25.6. The van der Waals surface area contributed by atoms with Crippen LogP contribution in [0, 0.1) is 5.92 Å². The summed E-state index contributed by atoms with van der Waals surface area (Å²) in [6.07, 6.45) is 2.24. The van der Waals surface area contributed by atoms with E-state index in [-0.39, 0.29) is 5.54 Å². The molecule has 15 heavy (non-hydrogen) atoms. The second-order valence-corrected chi connectivity index (χ2v) is 5.43. The molecule has 1 N–H and O–H groups in total. The highest BCUT2D eigenvalue weighted by molar-refractivity contribution is 5.18. The molecule has 1 aromatic rings. The lowest BCUT2D eigenvalue weighted by atomic mass is 10.00. The first-order valence-corrected chi connectivity index (χ1v) is 5.79. The van der Waals surface area contributed by atoms with Crippen molar-refractivity contribution < 1.29 is 4.42 Å². The molecule has 0 radical (unpaired) electrons. The van der Waals surface area contributed by atoms with E-state index in [9.17, 15) is 0 Å². The van der Waals surface area contributed by atoms with E-state index in [4.69, 9.17) is 4.42 Å². The third kappa shape index (κ3) is 2.43. The number of hydrogen-bond donors (Lipinski definition) is 1.